The van der Waals surface area contributed by atoms with Crippen molar-refractivity contribution >= 4 is 12.1 Å². The lowest BCUT2D eigenvalue weighted by Crippen LogP contribution is -2.34. The Morgan fingerprint density at radius 3 is 2.31 bits per heavy atom. The van der Waals surface area contributed by atoms with Crippen LogP contribution in [0.5, 0.6) is 0 Å². The topological polar surface area (TPSA) is 83.1 Å². The van der Waals surface area contributed by atoms with Gasteiger partial charge in [0.15, 0.2) is 0 Å². The van der Waals surface area contributed by atoms with Crippen LogP contribution in [0.25, 0.3) is 0 Å². The number of methoxy groups -OCH3 is 1. The number of hydrogen-bond donors (Lipinski definition) is 1. The average molecular weight is 418 g/mol. The molecule has 0 saturated carbocycles. The van der Waals surface area contributed by atoms with Crippen molar-refractivity contribution in [1.82, 2.24) is 5.32 Å². The van der Waals surface area contributed by atoms with E-state index in [4.69, 9.17) is 14.2 Å². The van der Waals surface area contributed by atoms with E-state index in [1.165, 1.54) is 13.5 Å². The Balaban J connectivity index is 3.78. The predicted molar refractivity (Wildman–Crippen MR) is 114 cm³/mol. The Hall–Kier alpha value is -1.34. The molecule has 0 saturated heterocycles. The second kappa shape index (κ2) is 16.5. The van der Waals surface area contributed by atoms with Gasteiger partial charge in [-0.2, -0.15) is 0 Å². The molecule has 0 aromatic rings. The Kier molecular flexibility index (Phi) is 15.7. The first-order chi connectivity index (χ1) is 13.7. The van der Waals surface area contributed by atoms with Crippen LogP contribution in [0.2, 0.25) is 0 Å². The highest BCUT2D eigenvalue weighted by atomic mass is 16.6. The van der Waals surface area contributed by atoms with Crippen molar-refractivity contribution in [2.24, 2.45) is 11.8 Å². The largest absolute Gasteiger partial charge is 0.467 e. The van der Waals surface area contributed by atoms with Crippen molar-refractivity contribution in [3.8, 4) is 0 Å². The van der Waals surface area contributed by atoms with Crippen molar-refractivity contribution in [2.75, 3.05) is 40.1 Å². The molecule has 2 unspecified atom stereocenters. The second-order valence-corrected chi connectivity index (χ2v) is 8.48. The first kappa shape index (κ1) is 27.7. The van der Waals surface area contributed by atoms with Gasteiger partial charge in [0.2, 0.25) is 0 Å². The Morgan fingerprint density at radius 2 is 1.69 bits per heavy atom. The minimum absolute atomic E-state index is 0.0316. The summed E-state index contributed by atoms with van der Waals surface area (Å²) in [6.07, 6.45) is 6.17. The van der Waals surface area contributed by atoms with Gasteiger partial charge < -0.3 is 24.3 Å². The minimum atomic E-state index is -0.481. The van der Waals surface area contributed by atoms with Crippen LogP contribution in [0.15, 0.2) is 0 Å². The molecule has 2 atom stereocenters. The molecule has 0 aliphatic rings. The summed E-state index contributed by atoms with van der Waals surface area (Å²) in [5.41, 5.74) is -0.481. The fourth-order valence-electron chi connectivity index (χ4n) is 3.08. The minimum Gasteiger partial charge on any atom is -0.467 e. The predicted octanol–water partition coefficient (Wildman–Crippen LogP) is 4.33. The zero-order chi connectivity index (χ0) is 22.1. The van der Waals surface area contributed by atoms with Gasteiger partial charge in [0.05, 0.1) is 13.7 Å². The van der Waals surface area contributed by atoms with Crippen LogP contribution in [0.1, 0.15) is 73.1 Å². The van der Waals surface area contributed by atoms with Gasteiger partial charge >= 0.3 is 12.1 Å². The van der Waals surface area contributed by atoms with Crippen LogP contribution >= 0.6 is 0 Å². The molecule has 0 rings (SSSR count). The first-order valence-corrected chi connectivity index (χ1v) is 10.9. The van der Waals surface area contributed by atoms with E-state index in [0.717, 1.165) is 32.1 Å². The molecule has 0 heterocycles. The summed E-state index contributed by atoms with van der Waals surface area (Å²) in [5, 5.41) is 2.69. The molecule has 0 spiro atoms. The number of nitrogens with one attached hydrogen (secondary N) is 1. The molecule has 0 aliphatic carbocycles. The van der Waals surface area contributed by atoms with Gasteiger partial charge in [0.25, 0.3) is 0 Å². The third-order valence-corrected chi connectivity index (χ3v) is 4.66. The lowest BCUT2D eigenvalue weighted by Gasteiger charge is -2.23. The summed E-state index contributed by atoms with van der Waals surface area (Å²) in [7, 11) is 1.37. The lowest BCUT2D eigenvalue weighted by atomic mass is 9.84. The maximum absolute atomic E-state index is 11.5. The average Bonchev–Trinajstić information content (AvgIpc) is 2.64. The van der Waals surface area contributed by atoms with Gasteiger partial charge in [-0.15, -0.1) is 0 Å². The van der Waals surface area contributed by atoms with Gasteiger partial charge in [0, 0.05) is 19.8 Å². The number of unbranched alkanes of at least 4 members (excludes halogenated alkanes) is 1. The molecule has 0 fully saturated rings. The van der Waals surface area contributed by atoms with E-state index >= 15 is 0 Å². The maximum atomic E-state index is 11.5. The monoisotopic (exact) mass is 417 g/mol. The lowest BCUT2D eigenvalue weighted by molar-refractivity contribution is -0.146. The number of carbonyl (C=O) groups is 2. The van der Waals surface area contributed by atoms with Gasteiger partial charge in [0.1, 0.15) is 12.2 Å². The molecule has 7 nitrogen and oxygen atoms in total. The highest BCUT2D eigenvalue weighted by molar-refractivity contribution is 5.70. The summed E-state index contributed by atoms with van der Waals surface area (Å²) in [6.45, 7) is 12.3. The number of ether oxygens (including phenoxy) is 4. The van der Waals surface area contributed by atoms with Crippen molar-refractivity contribution in [2.45, 2.75) is 78.7 Å². The van der Waals surface area contributed by atoms with Crippen molar-refractivity contribution in [1.29, 1.82) is 0 Å². The fourth-order valence-corrected chi connectivity index (χ4v) is 3.08. The highest BCUT2D eigenvalue weighted by Gasteiger charge is 2.17. The smallest absolute Gasteiger partial charge is 0.407 e. The summed E-state index contributed by atoms with van der Waals surface area (Å²) >= 11 is 0. The van der Waals surface area contributed by atoms with Crippen LogP contribution in [0, 0.1) is 11.8 Å². The zero-order valence-electron chi connectivity index (χ0n) is 19.4. The van der Waals surface area contributed by atoms with Crippen molar-refractivity contribution in [3.63, 3.8) is 0 Å². The van der Waals surface area contributed by atoms with E-state index in [1.807, 2.05) is 20.8 Å². The number of carbonyl (C=O) groups excluding carboxylic acids is 2. The standard InChI is InChI=1S/C22H43NO6/c1-7-10-19(12-15-28-17-20(24)26-6)18(2)11-8-9-14-27-16-13-23-21(25)29-22(3,4)5/h18-19H,7-17H2,1-6H3,(H,23,25). The van der Waals surface area contributed by atoms with Gasteiger partial charge in [-0.3, -0.25) is 0 Å². The molecular formula is C22H43NO6. The summed E-state index contributed by atoms with van der Waals surface area (Å²) in [4.78, 5) is 22.6. The zero-order valence-corrected chi connectivity index (χ0v) is 19.4. The van der Waals surface area contributed by atoms with Gasteiger partial charge in [-0.05, 0) is 45.4 Å². The fraction of sp³-hybridized carbons (Fsp3) is 0.909. The van der Waals surface area contributed by atoms with Crippen LogP contribution < -0.4 is 5.32 Å². The number of hydrogen-bond acceptors (Lipinski definition) is 6. The summed E-state index contributed by atoms with van der Waals surface area (Å²) < 4.78 is 20.7. The van der Waals surface area contributed by atoms with Gasteiger partial charge in [-0.1, -0.05) is 39.5 Å². The molecule has 172 valence electrons. The van der Waals surface area contributed by atoms with Crippen molar-refractivity contribution < 1.29 is 28.5 Å². The third kappa shape index (κ3) is 17.2. The number of rotatable bonds is 16. The van der Waals surface area contributed by atoms with Crippen molar-refractivity contribution in [3.05, 3.63) is 0 Å². The molecular weight excluding hydrogens is 374 g/mol. The Labute approximate surface area is 177 Å². The molecule has 1 amide bonds. The van der Waals surface area contributed by atoms with E-state index in [9.17, 15) is 9.59 Å². The number of alkyl carbamates (subject to hydrolysis) is 1. The van der Waals surface area contributed by atoms with E-state index in [0.29, 0.717) is 38.2 Å². The molecule has 0 radical (unpaired) electrons. The summed E-state index contributed by atoms with van der Waals surface area (Å²) in [5.74, 6) is 0.897. The normalized spacial score (nSPS) is 13.6. The van der Waals surface area contributed by atoms with E-state index in [-0.39, 0.29) is 12.6 Å². The molecule has 0 aromatic carbocycles. The number of esters is 1. The van der Waals surface area contributed by atoms with Crippen LogP contribution in [0.4, 0.5) is 4.79 Å². The van der Waals surface area contributed by atoms with E-state index < -0.39 is 11.7 Å². The molecule has 0 bridgehead atoms. The van der Waals surface area contributed by atoms with Gasteiger partial charge in [-0.25, -0.2) is 9.59 Å². The SMILES string of the molecule is CCCC(CCOCC(=O)OC)C(C)CCCCOCCNC(=O)OC(C)(C)C. The summed E-state index contributed by atoms with van der Waals surface area (Å²) in [6, 6.07) is 0. The Morgan fingerprint density at radius 1 is 0.966 bits per heavy atom. The quantitative estimate of drug-likeness (QED) is 0.297. The maximum Gasteiger partial charge on any atom is 0.407 e. The van der Waals surface area contributed by atoms with E-state index in [2.05, 4.69) is 23.9 Å². The van der Waals surface area contributed by atoms with Crippen LogP contribution in [-0.2, 0) is 23.7 Å². The van der Waals surface area contributed by atoms with Crippen LogP contribution in [-0.4, -0.2) is 57.7 Å². The second-order valence-electron chi connectivity index (χ2n) is 8.48. The molecule has 29 heavy (non-hydrogen) atoms. The third-order valence-electron chi connectivity index (χ3n) is 4.66. The number of amides is 1. The van der Waals surface area contributed by atoms with Crippen LogP contribution in [0.3, 0.4) is 0 Å². The molecule has 0 aromatic heterocycles. The molecule has 1 N–H and O–H groups in total. The molecule has 7 heteroatoms. The van der Waals surface area contributed by atoms with E-state index in [1.54, 1.807) is 0 Å². The Bertz CT molecular complexity index is 436. The molecule has 0 aliphatic heterocycles. The highest BCUT2D eigenvalue weighted by Crippen LogP contribution is 2.25. The first-order valence-electron chi connectivity index (χ1n) is 10.9.